The van der Waals surface area contributed by atoms with Crippen LogP contribution < -0.4 is 15.4 Å². The molecular weight excluding hydrogens is 406 g/mol. The van der Waals surface area contributed by atoms with Crippen molar-refractivity contribution in [2.45, 2.75) is 97.6 Å². The molecule has 4 nitrogen and oxygen atoms in total. The zero-order valence-electron chi connectivity index (χ0n) is 22.0. The van der Waals surface area contributed by atoms with Gasteiger partial charge in [0.2, 0.25) is 0 Å². The molecule has 1 aromatic carbocycles. The minimum Gasteiger partial charge on any atom is -0.493 e. The van der Waals surface area contributed by atoms with Gasteiger partial charge in [-0.25, -0.2) is 0 Å². The van der Waals surface area contributed by atoms with Gasteiger partial charge in [0.15, 0.2) is 0 Å². The van der Waals surface area contributed by atoms with E-state index in [1.165, 1.54) is 57.1 Å². The molecule has 2 fully saturated rings. The van der Waals surface area contributed by atoms with E-state index in [1.807, 2.05) is 0 Å². The van der Waals surface area contributed by atoms with Crippen LogP contribution in [0.15, 0.2) is 24.3 Å². The predicted molar refractivity (Wildman–Crippen MR) is 142 cm³/mol. The molecule has 33 heavy (non-hydrogen) atoms. The fourth-order valence-corrected chi connectivity index (χ4v) is 5.65. The van der Waals surface area contributed by atoms with Gasteiger partial charge in [0, 0.05) is 44.0 Å². The third-order valence-electron chi connectivity index (χ3n) is 7.59. The summed E-state index contributed by atoms with van der Waals surface area (Å²) in [5.74, 6) is 3.18. The smallest absolute Gasteiger partial charge is 0.119 e. The third-order valence-corrected chi connectivity index (χ3v) is 7.59. The number of piperidine rings is 1. The van der Waals surface area contributed by atoms with Crippen LogP contribution in [0, 0.1) is 17.8 Å². The summed E-state index contributed by atoms with van der Waals surface area (Å²) in [6, 6.07) is 9.90. The quantitative estimate of drug-likeness (QED) is 0.398. The Kier molecular flexibility index (Phi) is 10.8. The molecule has 1 heterocycles. The Morgan fingerprint density at radius 1 is 0.939 bits per heavy atom. The normalized spacial score (nSPS) is 19.8. The summed E-state index contributed by atoms with van der Waals surface area (Å²) in [6.07, 6.45) is 11.6. The molecule has 1 saturated heterocycles. The summed E-state index contributed by atoms with van der Waals surface area (Å²) < 4.78 is 6.17. The van der Waals surface area contributed by atoms with Crippen LogP contribution in [0.2, 0.25) is 0 Å². The minimum atomic E-state index is 0.305. The maximum Gasteiger partial charge on any atom is 0.119 e. The van der Waals surface area contributed by atoms with Crippen LogP contribution in [0.3, 0.4) is 0 Å². The van der Waals surface area contributed by atoms with Crippen LogP contribution in [0.1, 0.15) is 85.5 Å². The first-order chi connectivity index (χ1) is 15.9. The van der Waals surface area contributed by atoms with Crippen LogP contribution in [0.25, 0.3) is 0 Å². The van der Waals surface area contributed by atoms with E-state index >= 15 is 0 Å². The molecule has 0 radical (unpaired) electrons. The minimum absolute atomic E-state index is 0.305. The molecule has 0 unspecified atom stereocenters. The summed E-state index contributed by atoms with van der Waals surface area (Å²) in [7, 11) is 0. The van der Waals surface area contributed by atoms with Crippen molar-refractivity contribution in [3.8, 4) is 5.75 Å². The average molecular weight is 458 g/mol. The van der Waals surface area contributed by atoms with Gasteiger partial charge < -0.3 is 20.3 Å². The second-order valence-corrected chi connectivity index (χ2v) is 11.6. The number of nitrogens with two attached hydrogens (primary N) is 1. The Morgan fingerprint density at radius 2 is 1.61 bits per heavy atom. The van der Waals surface area contributed by atoms with E-state index in [4.69, 9.17) is 10.5 Å². The van der Waals surface area contributed by atoms with Crippen LogP contribution in [0.5, 0.6) is 5.75 Å². The number of anilines is 1. The predicted octanol–water partition coefficient (Wildman–Crippen LogP) is 6.34. The lowest BCUT2D eigenvalue weighted by molar-refractivity contribution is 0.191. The van der Waals surface area contributed by atoms with Crippen molar-refractivity contribution < 1.29 is 4.74 Å². The van der Waals surface area contributed by atoms with Crippen LogP contribution in [0.4, 0.5) is 5.69 Å². The second kappa shape index (κ2) is 13.6. The van der Waals surface area contributed by atoms with Crippen LogP contribution >= 0.6 is 0 Å². The molecule has 1 aliphatic carbocycles. The molecule has 188 valence electrons. The number of hydrogen-bond donors (Lipinski definition) is 1. The Labute approximate surface area is 204 Å². The SMILES string of the molecule is CC(C)CCN(c1ccc(OCC2CCCCC2)cc1)C1CCN(C[C@H](N)CC(C)C)CC1. The maximum absolute atomic E-state index is 6.39. The molecule has 3 rings (SSSR count). The highest BCUT2D eigenvalue weighted by molar-refractivity contribution is 5.50. The standard InChI is InChI=1S/C29H51N3O/c1-23(2)14-19-32(28-15-17-31(18-16-28)21-26(30)20-24(3)4)27-10-12-29(13-11-27)33-22-25-8-6-5-7-9-25/h10-13,23-26,28H,5-9,14-22,30H2,1-4H3/t26-/m1/s1. The molecule has 2 aliphatic rings. The first-order valence-electron chi connectivity index (χ1n) is 13.9. The molecule has 1 aliphatic heterocycles. The molecule has 0 spiro atoms. The van der Waals surface area contributed by atoms with E-state index in [1.54, 1.807) is 0 Å². The summed E-state index contributed by atoms with van der Waals surface area (Å²) >= 11 is 0. The van der Waals surface area contributed by atoms with Crippen molar-refractivity contribution >= 4 is 5.69 Å². The fraction of sp³-hybridized carbons (Fsp3) is 0.793. The lowest BCUT2D eigenvalue weighted by Crippen LogP contribution is -2.48. The summed E-state index contributed by atoms with van der Waals surface area (Å²) in [5, 5.41) is 0. The van der Waals surface area contributed by atoms with Gasteiger partial charge in [-0.2, -0.15) is 0 Å². The van der Waals surface area contributed by atoms with Gasteiger partial charge >= 0.3 is 0 Å². The summed E-state index contributed by atoms with van der Waals surface area (Å²) in [4.78, 5) is 5.27. The second-order valence-electron chi connectivity index (χ2n) is 11.6. The van der Waals surface area contributed by atoms with Crippen molar-refractivity contribution in [2.24, 2.45) is 23.5 Å². The number of rotatable bonds is 12. The third kappa shape index (κ3) is 9.13. The van der Waals surface area contributed by atoms with E-state index in [0.29, 0.717) is 18.0 Å². The van der Waals surface area contributed by atoms with E-state index in [0.717, 1.165) is 56.8 Å². The van der Waals surface area contributed by atoms with Crippen molar-refractivity contribution in [1.82, 2.24) is 4.90 Å². The first kappa shape index (κ1) is 26.3. The number of likely N-dealkylation sites (tertiary alicyclic amines) is 1. The summed E-state index contributed by atoms with van der Waals surface area (Å²) in [6.45, 7) is 14.6. The molecule has 0 amide bonds. The molecule has 4 heteroatoms. The van der Waals surface area contributed by atoms with Crippen molar-refractivity contribution in [3.63, 3.8) is 0 Å². The molecular formula is C29H51N3O. The Hall–Kier alpha value is -1.26. The first-order valence-corrected chi connectivity index (χ1v) is 13.9. The van der Waals surface area contributed by atoms with Crippen molar-refractivity contribution in [2.75, 3.05) is 37.7 Å². The number of benzene rings is 1. The van der Waals surface area contributed by atoms with E-state index < -0.39 is 0 Å². The van der Waals surface area contributed by atoms with E-state index in [2.05, 4.69) is 61.8 Å². The molecule has 0 bridgehead atoms. The topological polar surface area (TPSA) is 41.7 Å². The highest BCUT2D eigenvalue weighted by Crippen LogP contribution is 2.28. The largest absolute Gasteiger partial charge is 0.493 e. The number of ether oxygens (including phenoxy) is 1. The highest BCUT2D eigenvalue weighted by Gasteiger charge is 2.26. The maximum atomic E-state index is 6.39. The Balaban J connectivity index is 1.54. The lowest BCUT2D eigenvalue weighted by atomic mass is 9.90. The Bertz CT molecular complexity index is 645. The zero-order valence-corrected chi connectivity index (χ0v) is 22.0. The van der Waals surface area contributed by atoms with Gasteiger partial charge in [0.25, 0.3) is 0 Å². The molecule has 1 saturated carbocycles. The average Bonchev–Trinajstić information content (AvgIpc) is 2.79. The number of nitrogens with zero attached hydrogens (tertiary/aromatic N) is 2. The van der Waals surface area contributed by atoms with Gasteiger partial charge in [-0.1, -0.05) is 47.0 Å². The summed E-state index contributed by atoms with van der Waals surface area (Å²) in [5.41, 5.74) is 7.75. The zero-order chi connectivity index (χ0) is 23.6. The number of hydrogen-bond acceptors (Lipinski definition) is 4. The van der Waals surface area contributed by atoms with E-state index in [9.17, 15) is 0 Å². The monoisotopic (exact) mass is 457 g/mol. The van der Waals surface area contributed by atoms with E-state index in [-0.39, 0.29) is 0 Å². The molecule has 1 aromatic rings. The van der Waals surface area contributed by atoms with Crippen LogP contribution in [-0.2, 0) is 0 Å². The lowest BCUT2D eigenvalue weighted by Gasteiger charge is -2.41. The van der Waals surface area contributed by atoms with Gasteiger partial charge in [-0.3, -0.25) is 0 Å². The van der Waals surface area contributed by atoms with Gasteiger partial charge in [0.1, 0.15) is 5.75 Å². The molecule has 0 aromatic heterocycles. The van der Waals surface area contributed by atoms with Crippen LogP contribution in [-0.4, -0.2) is 49.8 Å². The fourth-order valence-electron chi connectivity index (χ4n) is 5.65. The van der Waals surface area contributed by atoms with Gasteiger partial charge in [-0.15, -0.1) is 0 Å². The Morgan fingerprint density at radius 3 is 2.21 bits per heavy atom. The van der Waals surface area contributed by atoms with Crippen molar-refractivity contribution in [1.29, 1.82) is 0 Å². The highest BCUT2D eigenvalue weighted by atomic mass is 16.5. The van der Waals surface area contributed by atoms with Gasteiger partial charge in [-0.05, 0) is 80.5 Å². The van der Waals surface area contributed by atoms with Crippen molar-refractivity contribution in [3.05, 3.63) is 24.3 Å². The van der Waals surface area contributed by atoms with Gasteiger partial charge in [0.05, 0.1) is 6.61 Å². The molecule has 1 atom stereocenters. The molecule has 2 N–H and O–H groups in total.